The number of aliphatic hydroxyl groups is 3. The van der Waals surface area contributed by atoms with E-state index in [2.05, 4.69) is 5.32 Å². The number of hydrogen-bond acceptors (Lipinski definition) is 6. The molecule has 1 aromatic heterocycles. The molecule has 1 amide bonds. The summed E-state index contributed by atoms with van der Waals surface area (Å²) in [5.41, 5.74) is 4.84. The molecule has 0 radical (unpaired) electrons. The van der Waals surface area contributed by atoms with Crippen LogP contribution in [0, 0.1) is 0 Å². The summed E-state index contributed by atoms with van der Waals surface area (Å²) in [5, 5.41) is 30.9. The minimum absolute atomic E-state index is 0.297. The largest absolute Gasteiger partial charge is 0.397 e. The highest BCUT2D eigenvalue weighted by Gasteiger charge is 2.31. The fraction of sp³-hybridized carbons (Fsp3) is 0.308. The molecule has 108 valence electrons. The number of carbonyl (C=O) groups excluding carboxylic acids is 1. The third-order valence-electron chi connectivity index (χ3n) is 3.13. The van der Waals surface area contributed by atoms with E-state index in [0.29, 0.717) is 10.6 Å². The van der Waals surface area contributed by atoms with E-state index in [-0.39, 0.29) is 0 Å². The molecule has 0 saturated heterocycles. The molecule has 0 aliphatic rings. The molecule has 0 fully saturated rings. The van der Waals surface area contributed by atoms with Crippen LogP contribution in [0.3, 0.4) is 0 Å². The van der Waals surface area contributed by atoms with Crippen molar-refractivity contribution in [3.05, 3.63) is 29.1 Å². The number of fused-ring (bicyclic) bond motifs is 1. The van der Waals surface area contributed by atoms with Gasteiger partial charge >= 0.3 is 0 Å². The van der Waals surface area contributed by atoms with E-state index < -0.39 is 31.3 Å². The van der Waals surface area contributed by atoms with Crippen LogP contribution in [-0.2, 0) is 0 Å². The van der Waals surface area contributed by atoms with Crippen LogP contribution in [0.1, 0.15) is 9.67 Å². The summed E-state index contributed by atoms with van der Waals surface area (Å²) in [6.45, 7) is -1.72. The Kier molecular flexibility index (Phi) is 4.24. The van der Waals surface area contributed by atoms with Gasteiger partial charge < -0.3 is 26.4 Å². The van der Waals surface area contributed by atoms with Gasteiger partial charge in [-0.3, -0.25) is 4.79 Å². The third-order valence-corrected chi connectivity index (χ3v) is 4.31. The summed E-state index contributed by atoms with van der Waals surface area (Å²) < 4.78 is 0.873. The Bertz CT molecular complexity index is 614. The molecule has 0 bridgehead atoms. The Morgan fingerprint density at radius 3 is 2.35 bits per heavy atom. The lowest BCUT2D eigenvalue weighted by atomic mass is 10.0. The fourth-order valence-electron chi connectivity index (χ4n) is 1.80. The van der Waals surface area contributed by atoms with Crippen molar-refractivity contribution in [3.8, 4) is 0 Å². The number of benzene rings is 1. The second kappa shape index (κ2) is 5.76. The van der Waals surface area contributed by atoms with E-state index in [1.807, 2.05) is 24.3 Å². The molecular formula is C13H16N2O4S. The standard InChI is InChI=1S/C13H16N2O4S/c14-10-8-3-1-2-4-9(8)20-11(10)12(19)15-13(5-16,6-17)7-18/h1-4,16-18H,5-7,14H2,(H,15,19). The van der Waals surface area contributed by atoms with E-state index in [9.17, 15) is 20.1 Å². The predicted molar refractivity (Wildman–Crippen MR) is 77.7 cm³/mol. The predicted octanol–water partition coefficient (Wildman–Crippen LogP) is -0.0710. The Balaban J connectivity index is 2.34. The minimum Gasteiger partial charge on any atom is -0.397 e. The Hall–Kier alpha value is -1.67. The summed E-state index contributed by atoms with van der Waals surface area (Å²) in [6.07, 6.45) is 0. The number of hydrogen-bond donors (Lipinski definition) is 5. The van der Waals surface area contributed by atoms with Crippen molar-refractivity contribution in [2.75, 3.05) is 25.6 Å². The maximum atomic E-state index is 12.2. The normalized spacial score (nSPS) is 11.8. The van der Waals surface area contributed by atoms with Gasteiger partial charge in [0.25, 0.3) is 5.91 Å². The van der Waals surface area contributed by atoms with Crippen molar-refractivity contribution in [2.45, 2.75) is 5.54 Å². The Labute approximate surface area is 119 Å². The Morgan fingerprint density at radius 2 is 1.80 bits per heavy atom. The van der Waals surface area contributed by atoms with E-state index in [4.69, 9.17) is 5.73 Å². The maximum Gasteiger partial charge on any atom is 0.264 e. The molecule has 2 aromatic rings. The highest BCUT2D eigenvalue weighted by Crippen LogP contribution is 2.33. The number of carbonyl (C=O) groups is 1. The zero-order valence-corrected chi connectivity index (χ0v) is 11.5. The molecule has 0 aliphatic heterocycles. The summed E-state index contributed by atoms with van der Waals surface area (Å²) in [7, 11) is 0. The van der Waals surface area contributed by atoms with E-state index in [1.54, 1.807) is 0 Å². The number of nitrogens with two attached hydrogens (primary N) is 1. The van der Waals surface area contributed by atoms with E-state index >= 15 is 0 Å². The van der Waals surface area contributed by atoms with E-state index in [0.717, 1.165) is 10.1 Å². The summed E-state index contributed by atoms with van der Waals surface area (Å²) >= 11 is 1.22. The number of nitrogens with one attached hydrogen (secondary N) is 1. The van der Waals surface area contributed by atoms with Crippen LogP contribution < -0.4 is 11.1 Å². The van der Waals surface area contributed by atoms with Gasteiger partial charge in [-0.1, -0.05) is 18.2 Å². The highest BCUT2D eigenvalue weighted by atomic mass is 32.1. The SMILES string of the molecule is Nc1c(C(=O)NC(CO)(CO)CO)sc2ccccc12. The molecule has 6 nitrogen and oxygen atoms in total. The molecule has 0 saturated carbocycles. The topological polar surface area (TPSA) is 116 Å². The third kappa shape index (κ3) is 2.48. The lowest BCUT2D eigenvalue weighted by molar-refractivity contribution is 0.0377. The van der Waals surface area contributed by atoms with Gasteiger partial charge in [0.05, 0.1) is 25.5 Å². The average Bonchev–Trinajstić information content (AvgIpc) is 2.83. The quantitative estimate of drug-likeness (QED) is 0.529. The highest BCUT2D eigenvalue weighted by molar-refractivity contribution is 7.21. The van der Waals surface area contributed by atoms with Crippen molar-refractivity contribution >= 4 is 33.0 Å². The Morgan fingerprint density at radius 1 is 1.20 bits per heavy atom. The number of rotatable bonds is 5. The molecule has 0 aliphatic carbocycles. The van der Waals surface area contributed by atoms with Gasteiger partial charge in [0.1, 0.15) is 10.4 Å². The first-order chi connectivity index (χ1) is 9.56. The van der Waals surface area contributed by atoms with Crippen molar-refractivity contribution in [1.29, 1.82) is 0 Å². The monoisotopic (exact) mass is 296 g/mol. The molecule has 6 N–H and O–H groups in total. The summed E-state index contributed by atoms with van der Waals surface area (Å²) in [4.78, 5) is 12.5. The average molecular weight is 296 g/mol. The van der Waals surface area contributed by atoms with Crippen LogP contribution >= 0.6 is 11.3 Å². The molecule has 0 unspecified atom stereocenters. The number of anilines is 1. The van der Waals surface area contributed by atoms with Crippen molar-refractivity contribution < 1.29 is 20.1 Å². The van der Waals surface area contributed by atoms with E-state index in [1.165, 1.54) is 11.3 Å². The number of aliphatic hydroxyl groups excluding tert-OH is 3. The summed E-state index contributed by atoms with van der Waals surface area (Å²) in [5.74, 6) is -0.527. The number of amides is 1. The first kappa shape index (κ1) is 14.7. The van der Waals surface area contributed by atoms with Crippen LogP contribution in [-0.4, -0.2) is 46.6 Å². The first-order valence-corrected chi connectivity index (χ1v) is 6.80. The van der Waals surface area contributed by atoms with Crippen LogP contribution in [0.25, 0.3) is 10.1 Å². The molecular weight excluding hydrogens is 280 g/mol. The second-order valence-electron chi connectivity index (χ2n) is 4.55. The van der Waals surface area contributed by atoms with Gasteiger partial charge in [0.15, 0.2) is 0 Å². The zero-order chi connectivity index (χ0) is 14.8. The molecule has 0 atom stereocenters. The van der Waals surface area contributed by atoms with Crippen LogP contribution in [0.2, 0.25) is 0 Å². The molecule has 0 spiro atoms. The molecule has 1 heterocycles. The van der Waals surface area contributed by atoms with Crippen LogP contribution in [0.4, 0.5) is 5.69 Å². The minimum atomic E-state index is -1.46. The van der Waals surface area contributed by atoms with Crippen molar-refractivity contribution in [1.82, 2.24) is 5.32 Å². The van der Waals surface area contributed by atoms with Crippen LogP contribution in [0.5, 0.6) is 0 Å². The smallest absolute Gasteiger partial charge is 0.264 e. The van der Waals surface area contributed by atoms with Crippen molar-refractivity contribution in [2.24, 2.45) is 0 Å². The van der Waals surface area contributed by atoms with Gasteiger partial charge in [-0.15, -0.1) is 11.3 Å². The number of nitrogen functional groups attached to an aromatic ring is 1. The maximum absolute atomic E-state index is 12.2. The second-order valence-corrected chi connectivity index (χ2v) is 5.60. The van der Waals surface area contributed by atoms with Gasteiger partial charge in [-0.2, -0.15) is 0 Å². The zero-order valence-electron chi connectivity index (χ0n) is 10.7. The fourth-order valence-corrected chi connectivity index (χ4v) is 2.82. The first-order valence-electron chi connectivity index (χ1n) is 5.99. The van der Waals surface area contributed by atoms with Gasteiger partial charge in [0.2, 0.25) is 0 Å². The lowest BCUT2D eigenvalue weighted by Gasteiger charge is -2.28. The molecule has 7 heteroatoms. The molecule has 20 heavy (non-hydrogen) atoms. The van der Waals surface area contributed by atoms with Crippen molar-refractivity contribution in [3.63, 3.8) is 0 Å². The van der Waals surface area contributed by atoms with Gasteiger partial charge in [-0.25, -0.2) is 0 Å². The lowest BCUT2D eigenvalue weighted by Crippen LogP contribution is -2.56. The summed E-state index contributed by atoms with van der Waals surface area (Å²) in [6, 6.07) is 7.34. The van der Waals surface area contributed by atoms with Crippen LogP contribution in [0.15, 0.2) is 24.3 Å². The molecule has 1 aromatic carbocycles. The molecule has 2 rings (SSSR count). The van der Waals surface area contributed by atoms with Gasteiger partial charge in [0, 0.05) is 10.1 Å². The number of thiophene rings is 1. The van der Waals surface area contributed by atoms with Gasteiger partial charge in [-0.05, 0) is 6.07 Å².